The Morgan fingerprint density at radius 1 is 1.60 bits per heavy atom. The summed E-state index contributed by atoms with van der Waals surface area (Å²) < 4.78 is 0. The molecule has 0 spiro atoms. The number of halogens is 3. The third-order valence-electron chi connectivity index (χ3n) is 2.27. The number of rotatable bonds is 2. The highest BCUT2D eigenvalue weighted by atomic mass is 35.5. The molecular formula is C9H10Cl3NO2. The van der Waals surface area contributed by atoms with Gasteiger partial charge in [0.25, 0.3) is 0 Å². The molecule has 0 N–H and O–H groups in total. The van der Waals surface area contributed by atoms with Crippen LogP contribution < -0.4 is 0 Å². The molecule has 0 aliphatic heterocycles. The first-order valence-corrected chi connectivity index (χ1v) is 5.56. The summed E-state index contributed by atoms with van der Waals surface area (Å²) in [7, 11) is 0. The topological polar surface area (TPSA) is 43.1 Å². The summed E-state index contributed by atoms with van der Waals surface area (Å²) in [6.07, 6.45) is 2.66. The van der Waals surface area contributed by atoms with Gasteiger partial charge in [-0.3, -0.25) is 10.1 Å². The molecule has 2 unspecified atom stereocenters. The van der Waals surface area contributed by atoms with Crippen LogP contribution in [-0.2, 0) is 0 Å². The van der Waals surface area contributed by atoms with Gasteiger partial charge in [-0.05, 0) is 29.2 Å². The normalized spacial score (nSPS) is 31.2. The van der Waals surface area contributed by atoms with Crippen molar-refractivity contribution in [1.82, 2.24) is 0 Å². The SMILES string of the molecule is CC(C)C1=C(Cl)C=CC(Cl)([N+](=O)[O-])C1Cl. The van der Waals surface area contributed by atoms with Crippen molar-refractivity contribution in [3.63, 3.8) is 0 Å². The molecule has 0 saturated heterocycles. The van der Waals surface area contributed by atoms with E-state index in [1.807, 2.05) is 13.8 Å². The van der Waals surface area contributed by atoms with Crippen LogP contribution in [-0.4, -0.2) is 15.3 Å². The smallest absolute Gasteiger partial charge is 0.262 e. The fourth-order valence-corrected chi connectivity index (χ4v) is 2.58. The molecule has 0 bridgehead atoms. The molecule has 0 amide bonds. The molecule has 84 valence electrons. The number of nitrogens with zero attached hydrogens (tertiary/aromatic N) is 1. The number of hydrogen-bond acceptors (Lipinski definition) is 2. The lowest BCUT2D eigenvalue weighted by Gasteiger charge is -2.28. The van der Waals surface area contributed by atoms with Gasteiger partial charge in [-0.1, -0.05) is 25.4 Å². The second-order valence-electron chi connectivity index (χ2n) is 3.64. The minimum absolute atomic E-state index is 0.0167. The van der Waals surface area contributed by atoms with Crippen LogP contribution in [0.2, 0.25) is 0 Å². The van der Waals surface area contributed by atoms with Crippen molar-refractivity contribution < 1.29 is 4.92 Å². The van der Waals surface area contributed by atoms with E-state index in [2.05, 4.69) is 0 Å². The van der Waals surface area contributed by atoms with Crippen molar-refractivity contribution in [2.45, 2.75) is 24.2 Å². The predicted octanol–water partition coefficient (Wildman–Crippen LogP) is 3.52. The fourth-order valence-electron chi connectivity index (χ4n) is 1.43. The first-order valence-electron chi connectivity index (χ1n) is 4.37. The monoisotopic (exact) mass is 269 g/mol. The van der Waals surface area contributed by atoms with E-state index in [9.17, 15) is 10.1 Å². The van der Waals surface area contributed by atoms with E-state index in [4.69, 9.17) is 34.8 Å². The molecule has 1 aliphatic carbocycles. The van der Waals surface area contributed by atoms with Crippen LogP contribution in [0.25, 0.3) is 0 Å². The largest absolute Gasteiger partial charge is 0.333 e. The maximum atomic E-state index is 10.8. The van der Waals surface area contributed by atoms with Crippen LogP contribution >= 0.6 is 34.8 Å². The molecule has 0 heterocycles. The highest BCUT2D eigenvalue weighted by Gasteiger charge is 2.50. The number of allylic oxidation sites excluding steroid dienone is 2. The number of hydrogen-bond donors (Lipinski definition) is 0. The summed E-state index contributed by atoms with van der Waals surface area (Å²) in [5, 5.41) is 10.3. The van der Waals surface area contributed by atoms with Crippen LogP contribution in [0, 0.1) is 16.0 Å². The molecule has 1 rings (SSSR count). The van der Waals surface area contributed by atoms with Crippen molar-refractivity contribution in [2.75, 3.05) is 0 Å². The lowest BCUT2D eigenvalue weighted by Crippen LogP contribution is -2.43. The van der Waals surface area contributed by atoms with Gasteiger partial charge in [-0.2, -0.15) is 0 Å². The second kappa shape index (κ2) is 4.32. The Hall–Kier alpha value is -0.250. The summed E-state index contributed by atoms with van der Waals surface area (Å²) in [5.41, 5.74) is 0.604. The molecule has 0 fully saturated rings. The molecule has 2 atom stereocenters. The van der Waals surface area contributed by atoms with E-state index in [0.29, 0.717) is 10.6 Å². The van der Waals surface area contributed by atoms with Gasteiger partial charge in [0.1, 0.15) is 5.38 Å². The zero-order chi connectivity index (χ0) is 11.8. The lowest BCUT2D eigenvalue weighted by atomic mass is 9.91. The van der Waals surface area contributed by atoms with E-state index in [0.717, 1.165) is 0 Å². The van der Waals surface area contributed by atoms with Gasteiger partial charge in [0, 0.05) is 16.0 Å². The average molecular weight is 271 g/mol. The standard InChI is InChI=1S/C9H10Cl3NO2/c1-5(2)7-6(10)3-4-9(12,8(7)11)13(14)15/h3-5,8H,1-2H3. The Morgan fingerprint density at radius 3 is 2.53 bits per heavy atom. The Morgan fingerprint density at radius 2 is 2.13 bits per heavy atom. The summed E-state index contributed by atoms with van der Waals surface area (Å²) in [6, 6.07) is 0. The maximum absolute atomic E-state index is 10.8. The fraction of sp³-hybridized carbons (Fsp3) is 0.556. The molecule has 0 aromatic rings. The van der Waals surface area contributed by atoms with E-state index in [1.165, 1.54) is 12.2 Å². The van der Waals surface area contributed by atoms with Gasteiger partial charge in [0.2, 0.25) is 0 Å². The summed E-state index contributed by atoms with van der Waals surface area (Å²) in [5.74, 6) is 0.0167. The zero-order valence-electron chi connectivity index (χ0n) is 8.21. The molecule has 0 saturated carbocycles. The van der Waals surface area contributed by atoms with E-state index in [1.54, 1.807) is 0 Å². The van der Waals surface area contributed by atoms with Crippen molar-refractivity contribution in [1.29, 1.82) is 0 Å². The molecule has 0 aromatic carbocycles. The van der Waals surface area contributed by atoms with E-state index < -0.39 is 15.3 Å². The van der Waals surface area contributed by atoms with Gasteiger partial charge < -0.3 is 0 Å². The molecule has 3 nitrogen and oxygen atoms in total. The minimum atomic E-state index is -1.79. The Bertz CT molecular complexity index is 351. The second-order valence-corrected chi connectivity index (χ2v) is 5.09. The summed E-state index contributed by atoms with van der Waals surface area (Å²) in [6.45, 7) is 3.73. The summed E-state index contributed by atoms with van der Waals surface area (Å²) in [4.78, 5) is 8.44. The van der Waals surface area contributed by atoms with Crippen molar-refractivity contribution in [3.8, 4) is 0 Å². The summed E-state index contributed by atoms with van der Waals surface area (Å²) >= 11 is 17.8. The third kappa shape index (κ3) is 2.14. The Balaban J connectivity index is 3.20. The third-order valence-corrected chi connectivity index (χ3v) is 3.78. The molecule has 1 aliphatic rings. The number of alkyl halides is 2. The highest BCUT2D eigenvalue weighted by Crippen LogP contribution is 2.41. The van der Waals surface area contributed by atoms with Crippen LogP contribution in [0.5, 0.6) is 0 Å². The Labute approximate surface area is 103 Å². The first kappa shape index (κ1) is 12.8. The molecule has 0 radical (unpaired) electrons. The predicted molar refractivity (Wildman–Crippen MR) is 62.1 cm³/mol. The van der Waals surface area contributed by atoms with Crippen LogP contribution in [0.15, 0.2) is 22.8 Å². The van der Waals surface area contributed by atoms with E-state index in [-0.39, 0.29) is 5.92 Å². The molecule has 6 heteroatoms. The van der Waals surface area contributed by atoms with Crippen LogP contribution in [0.1, 0.15) is 13.8 Å². The van der Waals surface area contributed by atoms with Gasteiger partial charge in [-0.15, -0.1) is 11.6 Å². The van der Waals surface area contributed by atoms with Crippen LogP contribution in [0.3, 0.4) is 0 Å². The van der Waals surface area contributed by atoms with Gasteiger partial charge in [0.05, 0.1) is 0 Å². The quantitative estimate of drug-likeness (QED) is 0.333. The molecular weight excluding hydrogens is 260 g/mol. The average Bonchev–Trinajstić information content (AvgIpc) is 2.11. The highest BCUT2D eigenvalue weighted by molar-refractivity contribution is 6.37. The Kier molecular flexibility index (Phi) is 3.69. The maximum Gasteiger partial charge on any atom is 0.333 e. The van der Waals surface area contributed by atoms with E-state index >= 15 is 0 Å². The number of nitro groups is 1. The van der Waals surface area contributed by atoms with Gasteiger partial charge in [0.15, 0.2) is 0 Å². The van der Waals surface area contributed by atoms with Crippen molar-refractivity contribution in [2.24, 2.45) is 5.92 Å². The molecule has 15 heavy (non-hydrogen) atoms. The lowest BCUT2D eigenvalue weighted by molar-refractivity contribution is -0.526. The van der Waals surface area contributed by atoms with Crippen molar-refractivity contribution in [3.05, 3.63) is 32.9 Å². The van der Waals surface area contributed by atoms with Gasteiger partial charge in [-0.25, -0.2) is 0 Å². The molecule has 0 aromatic heterocycles. The van der Waals surface area contributed by atoms with Gasteiger partial charge >= 0.3 is 5.00 Å². The van der Waals surface area contributed by atoms with Crippen molar-refractivity contribution >= 4 is 34.8 Å². The zero-order valence-corrected chi connectivity index (χ0v) is 10.5. The van der Waals surface area contributed by atoms with Crippen LogP contribution in [0.4, 0.5) is 0 Å². The first-order chi connectivity index (χ1) is 6.80. The minimum Gasteiger partial charge on any atom is -0.262 e.